The van der Waals surface area contributed by atoms with E-state index in [-0.39, 0.29) is 5.25 Å². The molecule has 0 rings (SSSR count). The van der Waals surface area contributed by atoms with Gasteiger partial charge in [-0.15, -0.1) is 0 Å². The highest BCUT2D eigenvalue weighted by Crippen LogP contribution is 1.92. The fourth-order valence-electron chi connectivity index (χ4n) is 0.340. The molecule has 3 nitrogen and oxygen atoms in total. The largest absolute Gasteiger partial charge is 0.371 e. The van der Waals surface area contributed by atoms with Crippen molar-refractivity contribution in [3.8, 4) is 0 Å². The lowest BCUT2D eigenvalue weighted by Crippen LogP contribution is -2.23. The number of hydrogen-bond acceptors (Lipinski definition) is 3. The van der Waals surface area contributed by atoms with E-state index in [9.17, 15) is 4.21 Å². The van der Waals surface area contributed by atoms with Crippen molar-refractivity contribution in [1.82, 2.24) is 0 Å². The van der Waals surface area contributed by atoms with Crippen LogP contribution in [0.1, 0.15) is 6.92 Å². The molecule has 0 spiro atoms. The summed E-state index contributed by atoms with van der Waals surface area (Å²) in [7, 11) is 0.617. The first kappa shape index (κ1) is 9.07. The van der Waals surface area contributed by atoms with Gasteiger partial charge in [0.15, 0.2) is 0 Å². The Balaban J connectivity index is 3.46. The van der Waals surface area contributed by atoms with Crippen LogP contribution in [0.4, 0.5) is 0 Å². The van der Waals surface area contributed by atoms with Gasteiger partial charge < -0.3 is 10.5 Å². The van der Waals surface area contributed by atoms with E-state index >= 15 is 0 Å². The minimum atomic E-state index is -0.912. The monoisotopic (exact) mass is 151 g/mol. The number of ether oxygens (including phenoxy) is 1. The van der Waals surface area contributed by atoms with Gasteiger partial charge in [-0.2, -0.15) is 0 Å². The molecule has 56 valence electrons. The SMILES string of the molecule is COCS(=O)C(C)CN. The summed E-state index contributed by atoms with van der Waals surface area (Å²) in [6, 6.07) is 0. The Morgan fingerprint density at radius 3 is 2.67 bits per heavy atom. The van der Waals surface area contributed by atoms with Crippen LogP contribution in [-0.2, 0) is 15.5 Å². The van der Waals surface area contributed by atoms with E-state index in [2.05, 4.69) is 4.74 Å². The van der Waals surface area contributed by atoms with Gasteiger partial charge in [-0.05, 0) is 6.92 Å². The van der Waals surface area contributed by atoms with Gasteiger partial charge in [0.05, 0.1) is 10.8 Å². The molecule has 0 aliphatic rings. The lowest BCUT2D eigenvalue weighted by molar-refractivity contribution is 0.254. The van der Waals surface area contributed by atoms with E-state index in [1.807, 2.05) is 6.92 Å². The van der Waals surface area contributed by atoms with Gasteiger partial charge in [0.1, 0.15) is 5.94 Å². The van der Waals surface area contributed by atoms with Gasteiger partial charge in [-0.25, -0.2) is 0 Å². The van der Waals surface area contributed by atoms with Crippen molar-refractivity contribution in [1.29, 1.82) is 0 Å². The average molecular weight is 151 g/mol. The van der Waals surface area contributed by atoms with Crippen molar-refractivity contribution in [3.63, 3.8) is 0 Å². The fourth-order valence-corrected chi connectivity index (χ4v) is 1.02. The first-order valence-corrected chi connectivity index (χ1v) is 4.16. The van der Waals surface area contributed by atoms with Crippen molar-refractivity contribution in [2.75, 3.05) is 19.6 Å². The summed E-state index contributed by atoms with van der Waals surface area (Å²) in [5.74, 6) is 0.290. The quantitative estimate of drug-likeness (QED) is 0.599. The molecule has 9 heavy (non-hydrogen) atoms. The second-order valence-electron chi connectivity index (χ2n) is 1.83. The summed E-state index contributed by atoms with van der Waals surface area (Å²) in [6.07, 6.45) is 0. The molecule has 0 heterocycles. The van der Waals surface area contributed by atoms with E-state index in [0.29, 0.717) is 12.5 Å². The Labute approximate surface area is 58.0 Å². The number of methoxy groups -OCH3 is 1. The molecule has 0 aliphatic heterocycles. The van der Waals surface area contributed by atoms with Gasteiger partial charge >= 0.3 is 0 Å². The van der Waals surface area contributed by atoms with Crippen LogP contribution >= 0.6 is 0 Å². The third-order valence-corrected chi connectivity index (χ3v) is 2.57. The van der Waals surface area contributed by atoms with E-state index in [0.717, 1.165) is 0 Å². The Bertz CT molecular complexity index is 97.0. The summed E-state index contributed by atoms with van der Waals surface area (Å²) in [5, 5.41) is 0.0462. The molecular weight excluding hydrogens is 138 g/mol. The molecule has 2 N–H and O–H groups in total. The molecule has 0 aromatic rings. The number of nitrogens with two attached hydrogens (primary N) is 1. The molecule has 0 saturated heterocycles. The van der Waals surface area contributed by atoms with Gasteiger partial charge in [0.25, 0.3) is 0 Å². The average Bonchev–Trinajstić information content (AvgIpc) is 1.87. The van der Waals surface area contributed by atoms with Gasteiger partial charge in [0.2, 0.25) is 0 Å². The zero-order chi connectivity index (χ0) is 7.28. The van der Waals surface area contributed by atoms with E-state index in [4.69, 9.17) is 5.73 Å². The van der Waals surface area contributed by atoms with Crippen LogP contribution in [0.2, 0.25) is 0 Å². The van der Waals surface area contributed by atoms with Crippen LogP contribution < -0.4 is 5.73 Å². The molecule has 2 unspecified atom stereocenters. The van der Waals surface area contributed by atoms with Crippen molar-refractivity contribution in [2.45, 2.75) is 12.2 Å². The number of rotatable bonds is 4. The molecule has 0 aromatic carbocycles. The molecule has 0 saturated carbocycles. The van der Waals surface area contributed by atoms with Crippen LogP contribution in [0.25, 0.3) is 0 Å². The second-order valence-corrected chi connectivity index (χ2v) is 3.64. The van der Waals surface area contributed by atoms with Gasteiger partial charge in [-0.1, -0.05) is 0 Å². The predicted molar refractivity (Wildman–Crippen MR) is 38.5 cm³/mol. The van der Waals surface area contributed by atoms with Crippen molar-refractivity contribution in [3.05, 3.63) is 0 Å². The van der Waals surface area contributed by atoms with Crippen LogP contribution in [0, 0.1) is 0 Å². The summed E-state index contributed by atoms with van der Waals surface area (Å²) in [4.78, 5) is 0. The molecule has 0 aliphatic carbocycles. The Morgan fingerprint density at radius 1 is 1.78 bits per heavy atom. The third kappa shape index (κ3) is 3.61. The third-order valence-electron chi connectivity index (χ3n) is 1.01. The minimum absolute atomic E-state index is 0.0462. The van der Waals surface area contributed by atoms with Gasteiger partial charge in [-0.3, -0.25) is 4.21 Å². The lowest BCUT2D eigenvalue weighted by Gasteiger charge is -2.05. The van der Waals surface area contributed by atoms with Crippen LogP contribution in [0.5, 0.6) is 0 Å². The minimum Gasteiger partial charge on any atom is -0.371 e. The first-order valence-electron chi connectivity index (χ1n) is 2.78. The van der Waals surface area contributed by atoms with Gasteiger partial charge in [0, 0.05) is 18.9 Å². The zero-order valence-corrected chi connectivity index (χ0v) is 6.61. The highest BCUT2D eigenvalue weighted by atomic mass is 32.2. The summed E-state index contributed by atoms with van der Waals surface area (Å²) in [6.45, 7) is 2.30. The molecule has 0 amide bonds. The number of hydrogen-bond donors (Lipinski definition) is 1. The fraction of sp³-hybridized carbons (Fsp3) is 1.00. The maximum absolute atomic E-state index is 10.9. The topological polar surface area (TPSA) is 52.3 Å². The molecule has 0 aromatic heterocycles. The highest BCUT2D eigenvalue weighted by molar-refractivity contribution is 7.85. The van der Waals surface area contributed by atoms with E-state index in [1.54, 1.807) is 0 Å². The van der Waals surface area contributed by atoms with E-state index in [1.165, 1.54) is 7.11 Å². The molecule has 0 fully saturated rings. The maximum Gasteiger partial charge on any atom is 0.122 e. The maximum atomic E-state index is 10.9. The second kappa shape index (κ2) is 4.90. The Morgan fingerprint density at radius 2 is 2.33 bits per heavy atom. The smallest absolute Gasteiger partial charge is 0.122 e. The van der Waals surface area contributed by atoms with Crippen molar-refractivity contribution < 1.29 is 8.95 Å². The van der Waals surface area contributed by atoms with Crippen molar-refractivity contribution in [2.24, 2.45) is 5.73 Å². The van der Waals surface area contributed by atoms with Crippen LogP contribution in [0.15, 0.2) is 0 Å². The summed E-state index contributed by atoms with van der Waals surface area (Å²) in [5.41, 5.74) is 5.25. The van der Waals surface area contributed by atoms with Crippen LogP contribution in [-0.4, -0.2) is 29.1 Å². The summed E-state index contributed by atoms with van der Waals surface area (Å²) >= 11 is 0. The molecular formula is C5H13NO2S. The van der Waals surface area contributed by atoms with E-state index < -0.39 is 10.8 Å². The Kier molecular flexibility index (Phi) is 4.94. The normalized spacial score (nSPS) is 17.2. The first-order chi connectivity index (χ1) is 4.22. The lowest BCUT2D eigenvalue weighted by atomic mass is 10.5. The Hall–Kier alpha value is 0.0700. The molecule has 2 atom stereocenters. The molecule has 4 heteroatoms. The standard InChI is InChI=1S/C5H13NO2S/c1-5(3-6)9(7)4-8-2/h5H,3-4,6H2,1-2H3. The molecule has 0 bridgehead atoms. The predicted octanol–water partition coefficient (Wildman–Crippen LogP) is -0.314. The zero-order valence-electron chi connectivity index (χ0n) is 5.79. The summed E-state index contributed by atoms with van der Waals surface area (Å²) < 4.78 is 15.6. The van der Waals surface area contributed by atoms with Crippen molar-refractivity contribution >= 4 is 10.8 Å². The highest BCUT2D eigenvalue weighted by Gasteiger charge is 2.06. The van der Waals surface area contributed by atoms with Crippen LogP contribution in [0.3, 0.4) is 0 Å². The molecule has 0 radical (unpaired) electrons.